The van der Waals surface area contributed by atoms with Gasteiger partial charge in [-0.3, -0.25) is 9.20 Å². The van der Waals surface area contributed by atoms with Crippen LogP contribution in [0, 0.1) is 12.7 Å². The Morgan fingerprint density at radius 2 is 1.92 bits per heavy atom. The molecule has 0 saturated carbocycles. The first-order chi connectivity index (χ1) is 12.0. The minimum Gasteiger partial charge on any atom is -0.501 e. The normalized spacial score (nSPS) is 11.1. The number of rotatable bonds is 2. The monoisotopic (exact) mass is 337 g/mol. The van der Waals surface area contributed by atoms with Gasteiger partial charge in [0.1, 0.15) is 11.5 Å². The van der Waals surface area contributed by atoms with Crippen molar-refractivity contribution in [2.75, 3.05) is 0 Å². The zero-order valence-corrected chi connectivity index (χ0v) is 13.1. The summed E-state index contributed by atoms with van der Waals surface area (Å²) in [5.41, 5.74) is 1.20. The third kappa shape index (κ3) is 2.55. The maximum absolute atomic E-state index is 13.0. The summed E-state index contributed by atoms with van der Waals surface area (Å²) in [6.07, 6.45) is 3.02. The highest BCUT2D eigenvalue weighted by Gasteiger charge is 2.18. The third-order valence-corrected chi connectivity index (χ3v) is 3.78. The Hall–Kier alpha value is -3.48. The molecule has 0 aliphatic rings. The first kappa shape index (κ1) is 15.1. The van der Waals surface area contributed by atoms with Crippen LogP contribution in [0.15, 0.2) is 58.0 Å². The molecule has 4 rings (SSSR count). The van der Waals surface area contributed by atoms with Gasteiger partial charge in [0.05, 0.1) is 6.20 Å². The molecule has 0 fully saturated rings. The van der Waals surface area contributed by atoms with Gasteiger partial charge in [0.2, 0.25) is 11.6 Å². The van der Waals surface area contributed by atoms with Crippen molar-refractivity contribution in [3.63, 3.8) is 0 Å². The van der Waals surface area contributed by atoms with Crippen molar-refractivity contribution in [1.82, 2.24) is 14.4 Å². The van der Waals surface area contributed by atoms with Gasteiger partial charge in [-0.2, -0.15) is 0 Å². The lowest BCUT2D eigenvalue weighted by Gasteiger charge is -2.05. The number of hydrogen-bond donors (Lipinski definition) is 1. The highest BCUT2D eigenvalue weighted by molar-refractivity contribution is 5.64. The van der Waals surface area contributed by atoms with Crippen LogP contribution in [-0.2, 0) is 0 Å². The van der Waals surface area contributed by atoms with Crippen molar-refractivity contribution < 1.29 is 13.9 Å². The van der Waals surface area contributed by atoms with Crippen molar-refractivity contribution in [2.45, 2.75) is 6.92 Å². The van der Waals surface area contributed by atoms with E-state index in [4.69, 9.17) is 4.42 Å². The van der Waals surface area contributed by atoms with Crippen LogP contribution < -0.4 is 5.56 Å². The second-order valence-corrected chi connectivity index (χ2v) is 5.59. The molecule has 1 aromatic carbocycles. The summed E-state index contributed by atoms with van der Waals surface area (Å²) in [6, 6.07) is 9.18. The molecule has 7 heteroatoms. The van der Waals surface area contributed by atoms with Crippen molar-refractivity contribution in [1.29, 1.82) is 0 Å². The number of aryl methyl sites for hydroxylation is 1. The molecule has 1 N–H and O–H groups in total. The van der Waals surface area contributed by atoms with Crippen LogP contribution in [0.3, 0.4) is 0 Å². The van der Waals surface area contributed by atoms with Gasteiger partial charge in [0.25, 0.3) is 0 Å². The molecule has 0 aliphatic heterocycles. The van der Waals surface area contributed by atoms with Gasteiger partial charge in [-0.25, -0.2) is 14.4 Å². The fourth-order valence-electron chi connectivity index (χ4n) is 2.52. The minimum absolute atomic E-state index is 0.0111. The standard InChI is InChI=1S/C18H12FN3O3/c1-10-2-7-14-21-15(16(23)18(24)22(14)9-10)17-20-8-13(25-17)11-3-5-12(19)6-4-11/h2-9,23H,1H3. The van der Waals surface area contributed by atoms with Gasteiger partial charge in [0.15, 0.2) is 11.5 Å². The molecule has 0 amide bonds. The second kappa shape index (κ2) is 5.55. The molecule has 0 unspecified atom stereocenters. The van der Waals surface area contributed by atoms with E-state index in [1.165, 1.54) is 22.7 Å². The maximum Gasteiger partial charge on any atom is 0.300 e. The SMILES string of the molecule is Cc1ccc2nc(-c3ncc(-c4ccc(F)cc4)o3)c(O)c(=O)n2c1. The zero-order valence-electron chi connectivity index (χ0n) is 13.1. The topological polar surface area (TPSA) is 80.6 Å². The Bertz CT molecular complexity index is 1150. The van der Waals surface area contributed by atoms with E-state index in [0.29, 0.717) is 17.0 Å². The molecule has 0 saturated heterocycles. The summed E-state index contributed by atoms with van der Waals surface area (Å²) < 4.78 is 19.9. The van der Waals surface area contributed by atoms with E-state index in [1.54, 1.807) is 24.4 Å². The number of halogens is 1. The Kier molecular flexibility index (Phi) is 3.35. The summed E-state index contributed by atoms with van der Waals surface area (Å²) in [7, 11) is 0. The van der Waals surface area contributed by atoms with Gasteiger partial charge in [-0.05, 0) is 42.8 Å². The smallest absolute Gasteiger partial charge is 0.300 e. The van der Waals surface area contributed by atoms with E-state index in [1.807, 2.05) is 13.0 Å². The van der Waals surface area contributed by atoms with Crippen molar-refractivity contribution >= 4 is 5.65 Å². The van der Waals surface area contributed by atoms with Gasteiger partial charge in [0, 0.05) is 11.8 Å². The largest absolute Gasteiger partial charge is 0.501 e. The molecule has 0 aliphatic carbocycles. The third-order valence-electron chi connectivity index (χ3n) is 3.78. The quantitative estimate of drug-likeness (QED) is 0.608. The number of hydrogen-bond acceptors (Lipinski definition) is 5. The number of pyridine rings is 1. The Labute approximate surface area is 140 Å². The van der Waals surface area contributed by atoms with Gasteiger partial charge < -0.3 is 9.52 Å². The van der Waals surface area contributed by atoms with Crippen LogP contribution in [0.4, 0.5) is 4.39 Å². The Morgan fingerprint density at radius 1 is 1.16 bits per heavy atom. The predicted octanol–water partition coefficient (Wildman–Crippen LogP) is 3.17. The van der Waals surface area contributed by atoms with Crippen LogP contribution in [-0.4, -0.2) is 19.5 Å². The maximum atomic E-state index is 13.0. The highest BCUT2D eigenvalue weighted by Crippen LogP contribution is 2.28. The molecule has 124 valence electrons. The highest BCUT2D eigenvalue weighted by atomic mass is 19.1. The van der Waals surface area contributed by atoms with Crippen LogP contribution in [0.1, 0.15) is 5.56 Å². The average molecular weight is 337 g/mol. The fraction of sp³-hybridized carbons (Fsp3) is 0.0556. The number of benzene rings is 1. The van der Waals surface area contributed by atoms with Crippen molar-refractivity contribution in [3.8, 4) is 28.7 Å². The minimum atomic E-state index is -0.606. The van der Waals surface area contributed by atoms with E-state index < -0.39 is 11.3 Å². The zero-order chi connectivity index (χ0) is 17.6. The molecular formula is C18H12FN3O3. The van der Waals surface area contributed by atoms with Crippen LogP contribution in [0.25, 0.3) is 28.6 Å². The molecule has 0 radical (unpaired) electrons. The molecule has 3 aromatic heterocycles. The van der Waals surface area contributed by atoms with Crippen molar-refractivity contribution in [2.24, 2.45) is 0 Å². The number of fused-ring (bicyclic) bond motifs is 1. The molecular weight excluding hydrogens is 325 g/mol. The lowest BCUT2D eigenvalue weighted by Crippen LogP contribution is -2.15. The van der Waals surface area contributed by atoms with E-state index >= 15 is 0 Å². The molecule has 0 atom stereocenters. The molecule has 0 spiro atoms. The van der Waals surface area contributed by atoms with Gasteiger partial charge >= 0.3 is 5.56 Å². The summed E-state index contributed by atoms with van der Waals surface area (Å²) in [6.45, 7) is 1.83. The average Bonchev–Trinajstić information content (AvgIpc) is 3.09. The molecule has 3 heterocycles. The number of aromatic nitrogens is 3. The van der Waals surface area contributed by atoms with E-state index in [9.17, 15) is 14.3 Å². The fourth-order valence-corrected chi connectivity index (χ4v) is 2.52. The second-order valence-electron chi connectivity index (χ2n) is 5.59. The first-order valence-corrected chi connectivity index (χ1v) is 7.47. The lowest BCUT2D eigenvalue weighted by molar-refractivity contribution is 0.460. The lowest BCUT2D eigenvalue weighted by atomic mass is 10.2. The number of aromatic hydroxyl groups is 1. The molecule has 4 aromatic rings. The number of nitrogens with zero attached hydrogens (tertiary/aromatic N) is 3. The number of oxazole rings is 1. The Balaban J connectivity index is 1.85. The van der Waals surface area contributed by atoms with Gasteiger partial charge in [-0.15, -0.1) is 0 Å². The van der Waals surface area contributed by atoms with E-state index in [0.717, 1.165) is 5.56 Å². The predicted molar refractivity (Wildman–Crippen MR) is 88.8 cm³/mol. The van der Waals surface area contributed by atoms with Crippen molar-refractivity contribution in [3.05, 3.63) is 70.5 Å². The van der Waals surface area contributed by atoms with E-state index in [2.05, 4.69) is 9.97 Å². The molecule has 25 heavy (non-hydrogen) atoms. The summed E-state index contributed by atoms with van der Waals surface area (Å²) in [4.78, 5) is 20.7. The Morgan fingerprint density at radius 3 is 2.68 bits per heavy atom. The van der Waals surface area contributed by atoms with Gasteiger partial charge in [-0.1, -0.05) is 6.07 Å². The summed E-state index contributed by atoms with van der Waals surface area (Å²) in [5, 5.41) is 10.2. The first-order valence-electron chi connectivity index (χ1n) is 7.47. The van der Waals surface area contributed by atoms with Crippen LogP contribution in [0.2, 0.25) is 0 Å². The molecule has 6 nitrogen and oxygen atoms in total. The summed E-state index contributed by atoms with van der Waals surface area (Å²) in [5.74, 6) is -0.520. The summed E-state index contributed by atoms with van der Waals surface area (Å²) >= 11 is 0. The van der Waals surface area contributed by atoms with E-state index in [-0.39, 0.29) is 17.4 Å². The molecule has 0 bridgehead atoms. The van der Waals surface area contributed by atoms with Crippen LogP contribution >= 0.6 is 0 Å². The van der Waals surface area contributed by atoms with Crippen LogP contribution in [0.5, 0.6) is 5.75 Å².